The number of nitrogens with two attached hydrogens (primary N) is 1. The molecule has 0 aliphatic carbocycles. The van der Waals surface area contributed by atoms with Crippen molar-refractivity contribution >= 4 is 28.6 Å². The van der Waals surface area contributed by atoms with Gasteiger partial charge in [0, 0.05) is 16.9 Å². The van der Waals surface area contributed by atoms with E-state index in [0.717, 1.165) is 4.43 Å². The molecule has 2 amide bonds. The van der Waals surface area contributed by atoms with Crippen LogP contribution in [0.5, 0.6) is 0 Å². The molecule has 3 N–H and O–H groups in total. The van der Waals surface area contributed by atoms with E-state index < -0.39 is 6.03 Å². The second-order valence-corrected chi connectivity index (χ2v) is 2.87. The summed E-state index contributed by atoms with van der Waals surface area (Å²) in [5.74, 6) is 5.97. The van der Waals surface area contributed by atoms with Gasteiger partial charge in [-0.1, -0.05) is 28.5 Å². The predicted molar refractivity (Wildman–Crippen MR) is 53.4 cm³/mol. The van der Waals surface area contributed by atoms with Crippen molar-refractivity contribution in [1.29, 1.82) is 0 Å². The van der Waals surface area contributed by atoms with E-state index in [-0.39, 0.29) is 5.92 Å². The standard InChI is InChI=1S/C7H11IN2O/c1-2-3-6(4-8)5-10-7(9)11/h6H,4-5H2,1H3,(H3,9,10,11). The summed E-state index contributed by atoms with van der Waals surface area (Å²) in [6.07, 6.45) is 0. The Kier molecular flexibility index (Phi) is 6.03. The summed E-state index contributed by atoms with van der Waals surface area (Å²) in [5.41, 5.74) is 4.89. The number of primary amides is 1. The van der Waals surface area contributed by atoms with E-state index in [2.05, 4.69) is 39.7 Å². The maximum Gasteiger partial charge on any atom is 0.312 e. The van der Waals surface area contributed by atoms with Gasteiger partial charge in [-0.15, -0.1) is 5.92 Å². The number of urea groups is 1. The molecule has 0 aromatic heterocycles. The Morgan fingerprint density at radius 2 is 2.45 bits per heavy atom. The van der Waals surface area contributed by atoms with Crippen LogP contribution in [0.3, 0.4) is 0 Å². The van der Waals surface area contributed by atoms with Gasteiger partial charge in [-0.05, 0) is 6.92 Å². The summed E-state index contributed by atoms with van der Waals surface area (Å²) in [4.78, 5) is 10.3. The van der Waals surface area contributed by atoms with Gasteiger partial charge in [-0.25, -0.2) is 4.79 Å². The van der Waals surface area contributed by atoms with Crippen molar-refractivity contribution in [2.75, 3.05) is 11.0 Å². The molecule has 11 heavy (non-hydrogen) atoms. The average molecular weight is 266 g/mol. The third-order valence-corrected chi connectivity index (χ3v) is 2.12. The number of amides is 2. The lowest BCUT2D eigenvalue weighted by Crippen LogP contribution is -2.33. The Labute approximate surface area is 80.2 Å². The first-order valence-corrected chi connectivity index (χ1v) is 4.74. The molecule has 0 saturated heterocycles. The fraction of sp³-hybridized carbons (Fsp3) is 0.571. The maximum atomic E-state index is 10.3. The Hall–Kier alpha value is -0.440. The summed E-state index contributed by atoms with van der Waals surface area (Å²) < 4.78 is 0.902. The van der Waals surface area contributed by atoms with Gasteiger partial charge >= 0.3 is 6.03 Å². The van der Waals surface area contributed by atoms with Crippen molar-refractivity contribution in [2.24, 2.45) is 11.7 Å². The maximum absolute atomic E-state index is 10.3. The highest BCUT2D eigenvalue weighted by Gasteiger charge is 2.02. The van der Waals surface area contributed by atoms with E-state index in [1.807, 2.05) is 0 Å². The van der Waals surface area contributed by atoms with Crippen LogP contribution in [0.25, 0.3) is 0 Å². The molecule has 0 bridgehead atoms. The summed E-state index contributed by atoms with van der Waals surface area (Å²) in [6, 6.07) is -0.488. The number of hydrogen-bond acceptors (Lipinski definition) is 1. The van der Waals surface area contributed by atoms with Crippen molar-refractivity contribution in [1.82, 2.24) is 5.32 Å². The molecule has 0 aromatic rings. The number of rotatable bonds is 3. The van der Waals surface area contributed by atoms with Crippen molar-refractivity contribution < 1.29 is 4.79 Å². The van der Waals surface area contributed by atoms with Gasteiger partial charge in [0.2, 0.25) is 0 Å². The Morgan fingerprint density at radius 3 is 2.82 bits per heavy atom. The van der Waals surface area contributed by atoms with Gasteiger partial charge in [0.15, 0.2) is 0 Å². The van der Waals surface area contributed by atoms with Crippen LogP contribution in [-0.4, -0.2) is 17.0 Å². The summed E-state index contributed by atoms with van der Waals surface area (Å²) >= 11 is 2.22. The van der Waals surface area contributed by atoms with Crippen molar-refractivity contribution in [3.8, 4) is 11.8 Å². The van der Waals surface area contributed by atoms with Crippen molar-refractivity contribution in [2.45, 2.75) is 6.92 Å². The van der Waals surface area contributed by atoms with Crippen LogP contribution in [0, 0.1) is 17.8 Å². The molecule has 0 fully saturated rings. The molecule has 0 radical (unpaired) electrons. The zero-order valence-corrected chi connectivity index (χ0v) is 8.51. The minimum Gasteiger partial charge on any atom is -0.352 e. The predicted octanol–water partition coefficient (Wildman–Crippen LogP) is 0.729. The van der Waals surface area contributed by atoms with Gasteiger partial charge in [0.1, 0.15) is 0 Å². The zero-order chi connectivity index (χ0) is 8.69. The number of carbonyl (C=O) groups excluding carboxylic acids is 1. The van der Waals surface area contributed by atoms with Gasteiger partial charge < -0.3 is 11.1 Å². The van der Waals surface area contributed by atoms with E-state index in [9.17, 15) is 4.79 Å². The minimum absolute atomic E-state index is 0.216. The summed E-state index contributed by atoms with van der Waals surface area (Å²) in [5, 5.41) is 2.51. The first-order chi connectivity index (χ1) is 5.20. The highest BCUT2D eigenvalue weighted by Crippen LogP contribution is 1.97. The van der Waals surface area contributed by atoms with Crippen LogP contribution < -0.4 is 11.1 Å². The second-order valence-electron chi connectivity index (χ2n) is 1.99. The van der Waals surface area contributed by atoms with E-state index in [4.69, 9.17) is 5.73 Å². The van der Waals surface area contributed by atoms with Crippen molar-refractivity contribution in [3.63, 3.8) is 0 Å². The molecular formula is C7H11IN2O. The molecule has 0 aliphatic rings. The molecule has 0 heterocycles. The van der Waals surface area contributed by atoms with E-state index in [1.54, 1.807) is 6.92 Å². The number of hydrogen-bond donors (Lipinski definition) is 2. The largest absolute Gasteiger partial charge is 0.352 e. The first kappa shape index (κ1) is 10.6. The minimum atomic E-state index is -0.488. The zero-order valence-electron chi connectivity index (χ0n) is 6.36. The first-order valence-electron chi connectivity index (χ1n) is 3.22. The van der Waals surface area contributed by atoms with Crippen LogP contribution in [0.4, 0.5) is 4.79 Å². The highest BCUT2D eigenvalue weighted by molar-refractivity contribution is 14.1. The average Bonchev–Trinajstić information content (AvgIpc) is 1.97. The molecular weight excluding hydrogens is 255 g/mol. The Bertz CT molecular complexity index is 183. The second kappa shape index (κ2) is 6.28. The molecule has 0 spiro atoms. The van der Waals surface area contributed by atoms with Crippen LogP contribution in [0.15, 0.2) is 0 Å². The monoisotopic (exact) mass is 266 g/mol. The van der Waals surface area contributed by atoms with E-state index >= 15 is 0 Å². The van der Waals surface area contributed by atoms with Crippen LogP contribution in [0.2, 0.25) is 0 Å². The fourth-order valence-electron chi connectivity index (χ4n) is 0.572. The molecule has 62 valence electrons. The lowest BCUT2D eigenvalue weighted by molar-refractivity contribution is 0.248. The molecule has 0 aliphatic heterocycles. The molecule has 0 rings (SSSR count). The van der Waals surface area contributed by atoms with Gasteiger partial charge in [0.25, 0.3) is 0 Å². The van der Waals surface area contributed by atoms with Gasteiger partial charge in [-0.2, -0.15) is 0 Å². The number of alkyl halides is 1. The number of nitrogens with one attached hydrogen (secondary N) is 1. The molecule has 4 heteroatoms. The molecule has 1 atom stereocenters. The normalized spacial score (nSPS) is 11.1. The lowest BCUT2D eigenvalue weighted by atomic mass is 10.2. The lowest BCUT2D eigenvalue weighted by Gasteiger charge is -2.05. The smallest absolute Gasteiger partial charge is 0.312 e. The molecule has 3 nitrogen and oxygen atoms in total. The Balaban J connectivity index is 3.66. The Morgan fingerprint density at radius 1 is 1.82 bits per heavy atom. The van der Waals surface area contributed by atoms with Gasteiger partial charge in [-0.3, -0.25) is 0 Å². The molecule has 1 unspecified atom stereocenters. The topological polar surface area (TPSA) is 55.1 Å². The summed E-state index contributed by atoms with van der Waals surface area (Å²) in [6.45, 7) is 2.32. The molecule has 0 aromatic carbocycles. The van der Waals surface area contributed by atoms with E-state index in [0.29, 0.717) is 6.54 Å². The number of carbonyl (C=O) groups is 1. The highest BCUT2D eigenvalue weighted by atomic mass is 127. The fourth-order valence-corrected chi connectivity index (χ4v) is 1.10. The van der Waals surface area contributed by atoms with Crippen LogP contribution >= 0.6 is 22.6 Å². The van der Waals surface area contributed by atoms with Crippen LogP contribution in [-0.2, 0) is 0 Å². The van der Waals surface area contributed by atoms with Gasteiger partial charge in [0.05, 0.1) is 0 Å². The van der Waals surface area contributed by atoms with Crippen molar-refractivity contribution in [3.05, 3.63) is 0 Å². The van der Waals surface area contributed by atoms with Crippen LogP contribution in [0.1, 0.15) is 6.92 Å². The molecule has 0 saturated carbocycles. The van der Waals surface area contributed by atoms with E-state index in [1.165, 1.54) is 0 Å². The summed E-state index contributed by atoms with van der Waals surface area (Å²) in [7, 11) is 0. The quantitative estimate of drug-likeness (QED) is 0.441. The number of halogens is 1. The third-order valence-electron chi connectivity index (χ3n) is 1.06. The SMILES string of the molecule is CC#CC(CI)CNC(N)=O. The third kappa shape index (κ3) is 5.98.